The van der Waals surface area contributed by atoms with E-state index < -0.39 is 44.2 Å². The fraction of sp³-hybridized carbons (Fsp3) is 0.945. The van der Waals surface area contributed by atoms with Crippen LogP contribution in [0.2, 0.25) is 0 Å². The second kappa shape index (κ2) is 76.4. The maximum atomic E-state index is 12.9. The maximum absolute atomic E-state index is 12.9. The van der Waals surface area contributed by atoms with Gasteiger partial charge >= 0.3 is 25.9 Å². The molecule has 0 aliphatic carbocycles. The van der Waals surface area contributed by atoms with Gasteiger partial charge in [-0.2, -0.15) is 0 Å². The minimum atomic E-state index is -4.63. The third-order valence-corrected chi connectivity index (χ3v) is 16.3. The summed E-state index contributed by atoms with van der Waals surface area (Å²) in [6.45, 7) is 19.0. The molecule has 99 heavy (non-hydrogen) atoms. The lowest BCUT2D eigenvalue weighted by molar-refractivity contribution is -0.161. The summed E-state index contributed by atoms with van der Waals surface area (Å²) in [6.07, 6.45) is 35.4. The summed E-state index contributed by atoms with van der Waals surface area (Å²) in [5.74, 6) is -1.25. The van der Waals surface area contributed by atoms with Gasteiger partial charge in [-0.15, -0.1) is 0 Å². The van der Waals surface area contributed by atoms with E-state index in [-0.39, 0.29) is 58.1 Å². The molecule has 2 atom stereocenters. The number of carbonyl (C=O) groups is 4. The topological polar surface area (TPSA) is 287 Å². The number of alkyl carbamates (subject to hydrolysis) is 1. The van der Waals surface area contributed by atoms with E-state index >= 15 is 0 Å². The fourth-order valence-corrected chi connectivity index (χ4v) is 10.5. The normalized spacial score (nSPS) is 12.6. The molecule has 0 aliphatic heterocycles. The number of unbranched alkanes of at least 4 members (excludes halogenated alkanes) is 28. The van der Waals surface area contributed by atoms with E-state index in [2.05, 4.69) is 24.5 Å². The Balaban J connectivity index is 3.97. The molecular weight excluding hydrogens is 1300 g/mol. The highest BCUT2D eigenvalue weighted by molar-refractivity contribution is 7.47. The van der Waals surface area contributed by atoms with E-state index in [9.17, 15) is 28.6 Å². The number of ether oxygens (including phenoxy) is 15. The first-order valence-corrected chi connectivity index (χ1v) is 39.9. The van der Waals surface area contributed by atoms with Crippen molar-refractivity contribution in [2.45, 2.75) is 258 Å². The van der Waals surface area contributed by atoms with Crippen LogP contribution in [0.25, 0.3) is 0 Å². The summed E-state index contributed by atoms with van der Waals surface area (Å²) in [5, 5.41) is 5.25. The van der Waals surface area contributed by atoms with Crippen molar-refractivity contribution in [1.29, 1.82) is 0 Å². The molecule has 0 fully saturated rings. The number of hydrogen-bond acceptors (Lipinski definition) is 22. The van der Waals surface area contributed by atoms with E-state index in [1.54, 1.807) is 0 Å². The van der Waals surface area contributed by atoms with Gasteiger partial charge in [-0.1, -0.05) is 194 Å². The Morgan fingerprint density at radius 3 is 0.939 bits per heavy atom. The minimum Gasteiger partial charge on any atom is -0.462 e. The van der Waals surface area contributed by atoms with Gasteiger partial charge < -0.3 is 86.6 Å². The van der Waals surface area contributed by atoms with Crippen LogP contribution in [0, 0.1) is 0 Å². The minimum absolute atomic E-state index is 0.0609. The van der Waals surface area contributed by atoms with Crippen LogP contribution in [-0.4, -0.2) is 232 Å². The van der Waals surface area contributed by atoms with Crippen LogP contribution in [0.5, 0.6) is 0 Å². The zero-order valence-electron chi connectivity index (χ0n) is 62.8. The number of rotatable bonds is 81. The summed E-state index contributed by atoms with van der Waals surface area (Å²) in [5.41, 5.74) is -0.529. The lowest BCUT2D eigenvalue weighted by Crippen LogP contribution is -2.34. The molecule has 2 amide bonds. The highest BCUT2D eigenvalue weighted by Gasteiger charge is 2.26. The van der Waals surface area contributed by atoms with Crippen molar-refractivity contribution in [3.8, 4) is 0 Å². The average molecular weight is 1450 g/mol. The van der Waals surface area contributed by atoms with Crippen molar-refractivity contribution in [1.82, 2.24) is 10.6 Å². The van der Waals surface area contributed by atoms with Gasteiger partial charge in [0.15, 0.2) is 6.10 Å². The molecule has 0 aromatic heterocycles. The molecule has 0 heterocycles. The SMILES string of the molecule is CCCCCCCCCCCCCCCCCC(=O)OC[C@H](COP(=O)(O)OCCNC(=O)CCOCCOCCOCCOCCOCCOCCOCCOCCOCCOCCOCCOCCNC(=O)OC(C)(C)C)OC(=O)CCCCCCCCCCCCCCCCC. The third-order valence-electron chi connectivity index (χ3n) is 15.3. The maximum Gasteiger partial charge on any atom is 0.472 e. The second-order valence-corrected chi connectivity index (χ2v) is 27.1. The molecular formula is C73H143N2O23P. The monoisotopic (exact) mass is 1450 g/mol. The molecule has 26 heteroatoms. The summed E-state index contributed by atoms with van der Waals surface area (Å²) in [6, 6.07) is 0. The van der Waals surface area contributed by atoms with Gasteiger partial charge in [0, 0.05) is 32.4 Å². The summed E-state index contributed by atoms with van der Waals surface area (Å²) in [7, 11) is -4.63. The predicted octanol–water partition coefficient (Wildman–Crippen LogP) is 13.3. The second-order valence-electron chi connectivity index (χ2n) is 25.7. The van der Waals surface area contributed by atoms with Crippen LogP contribution < -0.4 is 10.6 Å². The number of phosphoric ester groups is 1. The summed E-state index contributed by atoms with van der Waals surface area (Å²) in [4.78, 5) is 60.0. The van der Waals surface area contributed by atoms with Crippen molar-refractivity contribution in [2.24, 2.45) is 0 Å². The Bertz CT molecular complexity index is 1790. The first-order chi connectivity index (χ1) is 48.3. The predicted molar refractivity (Wildman–Crippen MR) is 383 cm³/mol. The Hall–Kier alpha value is -2.69. The molecule has 0 aliphatic rings. The number of nitrogens with one attached hydrogen (secondary N) is 2. The van der Waals surface area contributed by atoms with E-state index in [0.717, 1.165) is 38.5 Å². The smallest absolute Gasteiger partial charge is 0.462 e. The van der Waals surface area contributed by atoms with Crippen LogP contribution in [0.4, 0.5) is 4.79 Å². The lowest BCUT2D eigenvalue weighted by atomic mass is 10.0. The van der Waals surface area contributed by atoms with Crippen LogP contribution in [0.3, 0.4) is 0 Å². The molecule has 0 bridgehead atoms. The zero-order valence-corrected chi connectivity index (χ0v) is 63.7. The van der Waals surface area contributed by atoms with Crippen molar-refractivity contribution >= 4 is 31.8 Å². The Kier molecular flexibility index (Phi) is 74.4. The standard InChI is InChI=1S/C73H143N2O23P/c1-6-8-10-12-14-16-18-20-22-24-26-28-30-32-34-36-70(77)94-66-68(97-71(78)37-35-33-31-29-27-25-23-21-19-17-15-13-11-9-7-2)67-96-99(80,81)95-43-40-74-69(76)38-41-82-44-46-84-48-50-86-52-54-88-56-58-90-60-62-92-64-65-93-63-61-91-59-57-89-55-53-87-51-49-85-47-45-83-42-39-75-72(79)98-73(3,4)5/h68H,6-67H2,1-5H3,(H,74,76)(H,75,79)(H,80,81)/t68-/m1/s1. The average Bonchev–Trinajstić information content (AvgIpc) is 1.57. The largest absolute Gasteiger partial charge is 0.472 e. The number of carbonyl (C=O) groups excluding carboxylic acids is 4. The molecule has 3 N–H and O–H groups in total. The van der Waals surface area contributed by atoms with Crippen LogP contribution in [0.1, 0.15) is 247 Å². The molecule has 0 saturated heterocycles. The third kappa shape index (κ3) is 80.9. The number of hydrogen-bond donors (Lipinski definition) is 3. The van der Waals surface area contributed by atoms with Gasteiger partial charge in [0.25, 0.3) is 0 Å². The quantitative estimate of drug-likeness (QED) is 0.0221. The summed E-state index contributed by atoms with van der Waals surface area (Å²) >= 11 is 0. The first kappa shape index (κ1) is 96.3. The van der Waals surface area contributed by atoms with Crippen molar-refractivity contribution in [3.05, 3.63) is 0 Å². The molecule has 0 rings (SSSR count). The van der Waals surface area contributed by atoms with Crippen LogP contribution >= 0.6 is 7.82 Å². The molecule has 0 aromatic carbocycles. The lowest BCUT2D eigenvalue weighted by Gasteiger charge is -2.20. The molecule has 25 nitrogen and oxygen atoms in total. The van der Waals surface area contributed by atoms with Crippen molar-refractivity contribution in [3.63, 3.8) is 0 Å². The van der Waals surface area contributed by atoms with E-state index in [0.29, 0.717) is 165 Å². The highest BCUT2D eigenvalue weighted by Crippen LogP contribution is 2.43. The van der Waals surface area contributed by atoms with Gasteiger partial charge in [0.2, 0.25) is 5.91 Å². The number of amides is 2. The first-order valence-electron chi connectivity index (χ1n) is 38.4. The molecule has 0 radical (unpaired) electrons. The number of phosphoric acid groups is 1. The molecule has 0 aromatic rings. The zero-order chi connectivity index (χ0) is 72.2. The van der Waals surface area contributed by atoms with Gasteiger partial charge in [-0.3, -0.25) is 23.4 Å². The van der Waals surface area contributed by atoms with E-state index in [4.69, 9.17) is 80.1 Å². The summed E-state index contributed by atoms with van der Waals surface area (Å²) < 4.78 is 105. The highest BCUT2D eigenvalue weighted by atomic mass is 31.2. The molecule has 1 unspecified atom stereocenters. The molecule has 0 saturated carbocycles. The number of esters is 2. The Morgan fingerprint density at radius 2 is 0.616 bits per heavy atom. The van der Waals surface area contributed by atoms with Gasteiger partial charge in [-0.05, 0) is 33.6 Å². The van der Waals surface area contributed by atoms with Crippen molar-refractivity contribution in [2.75, 3.05) is 191 Å². The van der Waals surface area contributed by atoms with Gasteiger partial charge in [-0.25, -0.2) is 9.36 Å². The van der Waals surface area contributed by atoms with Gasteiger partial charge in [0.1, 0.15) is 12.2 Å². The van der Waals surface area contributed by atoms with E-state index in [1.165, 1.54) is 141 Å². The Labute approximate surface area is 598 Å². The van der Waals surface area contributed by atoms with Gasteiger partial charge in [0.05, 0.1) is 172 Å². The van der Waals surface area contributed by atoms with Crippen LogP contribution in [-0.2, 0) is 99.0 Å². The Morgan fingerprint density at radius 1 is 0.333 bits per heavy atom. The fourth-order valence-electron chi connectivity index (χ4n) is 9.78. The molecule has 0 spiro atoms. The van der Waals surface area contributed by atoms with Crippen molar-refractivity contribution < 1.29 is 109 Å². The molecule has 588 valence electrons. The van der Waals surface area contributed by atoms with E-state index in [1.807, 2.05) is 20.8 Å². The van der Waals surface area contributed by atoms with Crippen LogP contribution in [0.15, 0.2) is 0 Å².